The van der Waals surface area contributed by atoms with Crippen molar-refractivity contribution in [1.29, 1.82) is 0 Å². The molecule has 1 N–H and O–H groups in total. The summed E-state index contributed by atoms with van der Waals surface area (Å²) in [7, 11) is 1.95. The van der Waals surface area contributed by atoms with Gasteiger partial charge < -0.3 is 19.4 Å². The van der Waals surface area contributed by atoms with E-state index in [1.165, 1.54) is 0 Å². The molecule has 0 saturated carbocycles. The van der Waals surface area contributed by atoms with E-state index in [1.54, 1.807) is 0 Å². The number of nitrogens with zero attached hydrogens (tertiary/aromatic N) is 2. The van der Waals surface area contributed by atoms with E-state index in [1.807, 2.05) is 26.1 Å². The number of fused-ring (bicyclic) bond motifs is 2. The largest absolute Gasteiger partial charge is 0.486 e. The molecule has 5 heteroatoms. The maximum absolute atomic E-state index is 5.68. The van der Waals surface area contributed by atoms with Gasteiger partial charge in [0.15, 0.2) is 11.5 Å². The molecule has 1 aliphatic rings. The zero-order chi connectivity index (χ0) is 14.8. The van der Waals surface area contributed by atoms with E-state index in [4.69, 9.17) is 14.5 Å². The lowest BCUT2D eigenvalue weighted by Gasteiger charge is -2.18. The lowest BCUT2D eigenvalue weighted by atomic mass is 10.2. The number of rotatable bonds is 5. The first-order chi connectivity index (χ1) is 10.2. The van der Waals surface area contributed by atoms with Crippen LogP contribution in [0.15, 0.2) is 24.3 Å². The highest BCUT2D eigenvalue weighted by Crippen LogP contribution is 2.35. The Morgan fingerprint density at radius 2 is 2.05 bits per heavy atom. The normalized spacial score (nSPS) is 13.6. The molecule has 0 saturated heterocycles. The molecule has 1 aliphatic heterocycles. The predicted octanol–water partition coefficient (Wildman–Crippen LogP) is 2.15. The van der Waals surface area contributed by atoms with Crippen LogP contribution in [0.4, 0.5) is 0 Å². The van der Waals surface area contributed by atoms with Crippen molar-refractivity contribution in [2.75, 3.05) is 26.8 Å². The van der Waals surface area contributed by atoms with Crippen molar-refractivity contribution in [2.45, 2.75) is 19.9 Å². The molecule has 1 aromatic carbocycles. The number of benzene rings is 1. The molecule has 3 rings (SSSR count). The Kier molecular flexibility index (Phi) is 3.84. The van der Waals surface area contributed by atoms with E-state index in [0.29, 0.717) is 13.2 Å². The molecular formula is C16H21N3O2. The van der Waals surface area contributed by atoms with Gasteiger partial charge in [-0.05, 0) is 14.0 Å². The smallest absolute Gasteiger partial charge is 0.163 e. The van der Waals surface area contributed by atoms with E-state index in [0.717, 1.165) is 53.4 Å². The molecule has 0 spiro atoms. The second-order valence-electron chi connectivity index (χ2n) is 5.41. The first-order valence-corrected chi connectivity index (χ1v) is 7.27. The first-order valence-electron chi connectivity index (χ1n) is 7.27. The first kappa shape index (κ1) is 13.9. The van der Waals surface area contributed by atoms with Crippen LogP contribution in [-0.2, 0) is 13.0 Å². The molecule has 0 aliphatic carbocycles. The topological polar surface area (TPSA) is 48.3 Å². The average molecular weight is 287 g/mol. The summed E-state index contributed by atoms with van der Waals surface area (Å²) in [5.41, 5.74) is 3.13. The fourth-order valence-electron chi connectivity index (χ4n) is 2.59. The van der Waals surface area contributed by atoms with E-state index < -0.39 is 0 Å². The second kappa shape index (κ2) is 5.77. The Morgan fingerprint density at radius 1 is 1.33 bits per heavy atom. The molecule has 112 valence electrons. The molecule has 0 unspecified atom stereocenters. The standard InChI is InChI=1S/C16H21N3O2/c1-11(2)10-19-13-9-15-14(20-6-7-21-15)8-12(13)18-16(19)4-5-17-3/h8-9,17H,1,4-7,10H2,2-3H3. The number of allylic oxidation sites excluding steroid dienone is 1. The zero-order valence-corrected chi connectivity index (χ0v) is 12.6. The summed E-state index contributed by atoms with van der Waals surface area (Å²) in [6.45, 7) is 8.92. The molecule has 0 fully saturated rings. The Balaban J connectivity index is 2.10. The molecule has 21 heavy (non-hydrogen) atoms. The van der Waals surface area contributed by atoms with Gasteiger partial charge in [-0.15, -0.1) is 0 Å². The summed E-state index contributed by atoms with van der Waals surface area (Å²) in [6.07, 6.45) is 0.880. The third-order valence-corrected chi connectivity index (χ3v) is 3.52. The van der Waals surface area contributed by atoms with Crippen molar-refractivity contribution in [3.8, 4) is 11.5 Å². The average Bonchev–Trinajstić information content (AvgIpc) is 2.79. The van der Waals surface area contributed by atoms with Crippen molar-refractivity contribution in [3.05, 3.63) is 30.1 Å². The molecule has 0 atom stereocenters. The summed E-state index contributed by atoms with van der Waals surface area (Å²) in [4.78, 5) is 4.76. The van der Waals surface area contributed by atoms with Gasteiger partial charge in [0.1, 0.15) is 19.0 Å². The second-order valence-corrected chi connectivity index (χ2v) is 5.41. The Hall–Kier alpha value is -2.01. The minimum atomic E-state index is 0.595. The summed E-state index contributed by atoms with van der Waals surface area (Å²) in [5.74, 6) is 2.65. The van der Waals surface area contributed by atoms with E-state index in [-0.39, 0.29) is 0 Å². The predicted molar refractivity (Wildman–Crippen MR) is 83.2 cm³/mol. The van der Waals surface area contributed by atoms with Crippen molar-refractivity contribution < 1.29 is 9.47 Å². The minimum Gasteiger partial charge on any atom is -0.486 e. The van der Waals surface area contributed by atoms with Gasteiger partial charge in [0.25, 0.3) is 0 Å². The molecule has 0 amide bonds. The van der Waals surface area contributed by atoms with Gasteiger partial charge in [0, 0.05) is 31.6 Å². The van der Waals surface area contributed by atoms with Gasteiger partial charge >= 0.3 is 0 Å². The van der Waals surface area contributed by atoms with Crippen molar-refractivity contribution >= 4 is 11.0 Å². The van der Waals surface area contributed by atoms with E-state index in [2.05, 4.69) is 16.5 Å². The highest BCUT2D eigenvalue weighted by molar-refractivity contribution is 5.81. The van der Waals surface area contributed by atoms with Crippen LogP contribution >= 0.6 is 0 Å². The van der Waals surface area contributed by atoms with Crippen LogP contribution in [0.2, 0.25) is 0 Å². The summed E-state index contributed by atoms with van der Waals surface area (Å²) in [5, 5.41) is 3.17. The summed E-state index contributed by atoms with van der Waals surface area (Å²) < 4.78 is 13.5. The van der Waals surface area contributed by atoms with E-state index >= 15 is 0 Å². The Labute approximate surface area is 124 Å². The van der Waals surface area contributed by atoms with Gasteiger partial charge in [-0.1, -0.05) is 12.2 Å². The zero-order valence-electron chi connectivity index (χ0n) is 12.6. The molecule has 2 aromatic rings. The fraction of sp³-hybridized carbons (Fsp3) is 0.438. The van der Waals surface area contributed by atoms with Crippen LogP contribution in [0.1, 0.15) is 12.7 Å². The number of hydrogen-bond acceptors (Lipinski definition) is 4. The fourth-order valence-corrected chi connectivity index (χ4v) is 2.59. The lowest BCUT2D eigenvalue weighted by molar-refractivity contribution is 0.172. The number of likely N-dealkylation sites (N-methyl/N-ethyl adjacent to an activating group) is 1. The van der Waals surface area contributed by atoms with Crippen LogP contribution in [0.25, 0.3) is 11.0 Å². The third kappa shape index (κ3) is 2.74. The van der Waals surface area contributed by atoms with Gasteiger partial charge in [0.05, 0.1) is 11.0 Å². The van der Waals surface area contributed by atoms with Crippen LogP contribution in [0.5, 0.6) is 11.5 Å². The van der Waals surface area contributed by atoms with E-state index in [9.17, 15) is 0 Å². The monoisotopic (exact) mass is 287 g/mol. The molecule has 0 bridgehead atoms. The SMILES string of the molecule is C=C(C)Cn1c(CCNC)nc2cc3c(cc21)OCCO3. The van der Waals surface area contributed by atoms with Crippen LogP contribution in [0.3, 0.4) is 0 Å². The van der Waals surface area contributed by atoms with Crippen LogP contribution in [0, 0.1) is 0 Å². The number of aromatic nitrogens is 2. The summed E-state index contributed by atoms with van der Waals surface area (Å²) in [6, 6.07) is 4.00. The highest BCUT2D eigenvalue weighted by atomic mass is 16.6. The third-order valence-electron chi connectivity index (χ3n) is 3.52. The molecule has 5 nitrogen and oxygen atoms in total. The summed E-state index contributed by atoms with van der Waals surface area (Å²) >= 11 is 0. The quantitative estimate of drug-likeness (QED) is 0.856. The number of hydrogen-bond donors (Lipinski definition) is 1. The molecule has 2 heterocycles. The van der Waals surface area contributed by atoms with Gasteiger partial charge in [-0.25, -0.2) is 4.98 Å². The van der Waals surface area contributed by atoms with Gasteiger partial charge in [0.2, 0.25) is 0 Å². The van der Waals surface area contributed by atoms with Crippen molar-refractivity contribution in [2.24, 2.45) is 0 Å². The Morgan fingerprint density at radius 3 is 2.71 bits per heavy atom. The van der Waals surface area contributed by atoms with Crippen molar-refractivity contribution in [3.63, 3.8) is 0 Å². The number of imidazole rings is 1. The maximum atomic E-state index is 5.68. The Bertz CT molecular complexity index is 676. The van der Waals surface area contributed by atoms with Crippen molar-refractivity contribution in [1.82, 2.24) is 14.9 Å². The molecular weight excluding hydrogens is 266 g/mol. The van der Waals surface area contributed by atoms with Crippen LogP contribution < -0.4 is 14.8 Å². The number of ether oxygens (including phenoxy) is 2. The lowest BCUT2D eigenvalue weighted by Crippen LogP contribution is -2.15. The molecule has 1 aromatic heterocycles. The van der Waals surface area contributed by atoms with Gasteiger partial charge in [-0.2, -0.15) is 0 Å². The van der Waals surface area contributed by atoms with Crippen LogP contribution in [-0.4, -0.2) is 36.4 Å². The molecule has 0 radical (unpaired) electrons. The maximum Gasteiger partial charge on any atom is 0.163 e. The highest BCUT2D eigenvalue weighted by Gasteiger charge is 2.17. The number of nitrogens with one attached hydrogen (secondary N) is 1. The minimum absolute atomic E-state index is 0.595. The van der Waals surface area contributed by atoms with Gasteiger partial charge in [-0.3, -0.25) is 0 Å².